The number of hydrogen-bond acceptors (Lipinski definition) is 3. The smallest absolute Gasteiger partial charge is 0.279 e. The van der Waals surface area contributed by atoms with Crippen molar-refractivity contribution in [3.8, 4) is 0 Å². The lowest BCUT2D eigenvalue weighted by Gasteiger charge is -2.14. The van der Waals surface area contributed by atoms with Crippen LogP contribution in [0.2, 0.25) is 0 Å². The molecule has 0 heterocycles. The minimum absolute atomic E-state index is 1.09. The maximum Gasteiger partial charge on any atom is 0.279 e. The van der Waals surface area contributed by atoms with Gasteiger partial charge in [0.25, 0.3) is 5.82 Å². The van der Waals surface area contributed by atoms with Gasteiger partial charge in [0.05, 0.1) is 0 Å². The van der Waals surface area contributed by atoms with Crippen LogP contribution in [0.15, 0.2) is 0 Å². The number of halogens is 4. The van der Waals surface area contributed by atoms with Crippen LogP contribution in [0.3, 0.4) is 0 Å². The molecule has 0 aromatic rings. The summed E-state index contributed by atoms with van der Waals surface area (Å²) < 4.78 is 24.8. The Morgan fingerprint density at radius 1 is 1.09 bits per heavy atom. The number of ether oxygens (including phenoxy) is 3. The molecule has 0 fully saturated rings. The molecule has 68 valence electrons. The van der Waals surface area contributed by atoms with Crippen LogP contribution >= 0.6 is 34.8 Å². The molecule has 0 bridgehead atoms. The van der Waals surface area contributed by atoms with E-state index in [4.69, 9.17) is 34.8 Å². The van der Waals surface area contributed by atoms with E-state index in [1.54, 1.807) is 0 Å². The molecule has 0 N–H and O–H groups in total. The summed E-state index contributed by atoms with van der Waals surface area (Å²) in [5, 5.41) is 0. The molecular formula is C4H6Cl3FO3. The van der Waals surface area contributed by atoms with Gasteiger partial charge in [-0.25, -0.2) is 0 Å². The average Bonchev–Trinajstić information content (AvgIpc) is 1.85. The number of alkyl halides is 4. The maximum atomic E-state index is 11.8. The van der Waals surface area contributed by atoms with Gasteiger partial charge in [0.1, 0.15) is 0 Å². The van der Waals surface area contributed by atoms with Gasteiger partial charge in [-0.15, -0.1) is 0 Å². The topological polar surface area (TPSA) is 27.7 Å². The quantitative estimate of drug-likeness (QED) is 0.532. The normalized spacial score (nSPS) is 19.4. The van der Waals surface area contributed by atoms with Gasteiger partial charge in [-0.3, -0.25) is 9.47 Å². The summed E-state index contributed by atoms with van der Waals surface area (Å²) in [4.78, 5) is 0. The Bertz CT molecular complexity index is 105. The fourth-order valence-corrected chi connectivity index (χ4v) is 0.729. The largest absolute Gasteiger partial charge is 0.343 e. The Morgan fingerprint density at radius 3 is 2.00 bits per heavy atom. The average molecular weight is 227 g/mol. The van der Waals surface area contributed by atoms with Gasteiger partial charge in [0.2, 0.25) is 11.5 Å². The monoisotopic (exact) mass is 226 g/mol. The van der Waals surface area contributed by atoms with Gasteiger partial charge >= 0.3 is 0 Å². The Labute approximate surface area is 78.3 Å². The summed E-state index contributed by atoms with van der Waals surface area (Å²) in [6.45, 7) is 0. The summed E-state index contributed by atoms with van der Waals surface area (Å²) in [6.07, 6.45) is 0. The van der Waals surface area contributed by atoms with Gasteiger partial charge in [-0.1, -0.05) is 34.8 Å². The summed E-state index contributed by atoms with van der Waals surface area (Å²) in [6, 6.07) is 0. The van der Waals surface area contributed by atoms with E-state index in [-0.39, 0.29) is 0 Å². The molecule has 0 spiro atoms. The fraction of sp³-hybridized carbons (Fsp3) is 1.00. The van der Waals surface area contributed by atoms with Crippen molar-refractivity contribution < 1.29 is 18.6 Å². The molecule has 0 aliphatic carbocycles. The maximum absolute atomic E-state index is 11.8. The molecular weight excluding hydrogens is 221 g/mol. The lowest BCUT2D eigenvalue weighted by atomic mass is 11.2. The fourth-order valence-electron chi connectivity index (χ4n) is 0.253. The Hall–Kier alpha value is 0.680. The van der Waals surface area contributed by atoms with Gasteiger partial charge < -0.3 is 4.74 Å². The second-order valence-corrected chi connectivity index (χ2v) is 2.37. The van der Waals surface area contributed by atoms with E-state index in [1.165, 1.54) is 7.11 Å². The van der Waals surface area contributed by atoms with Gasteiger partial charge in [-0.2, -0.15) is 4.39 Å². The highest BCUT2D eigenvalue weighted by molar-refractivity contribution is 6.21. The van der Waals surface area contributed by atoms with Crippen LogP contribution in [0.1, 0.15) is 0 Å². The van der Waals surface area contributed by atoms with Crippen LogP contribution in [-0.4, -0.2) is 24.4 Å². The molecule has 0 amide bonds. The first-order valence-corrected chi connectivity index (χ1v) is 3.77. The molecule has 3 unspecified atom stereocenters. The van der Waals surface area contributed by atoms with Crippen molar-refractivity contribution in [1.29, 1.82) is 0 Å². The van der Waals surface area contributed by atoms with Crippen molar-refractivity contribution in [2.24, 2.45) is 0 Å². The minimum Gasteiger partial charge on any atom is -0.343 e. The summed E-state index contributed by atoms with van der Waals surface area (Å²) in [5.74, 6) is -4.49. The Balaban J connectivity index is 3.43. The lowest BCUT2D eigenvalue weighted by Crippen LogP contribution is -2.19. The lowest BCUT2D eigenvalue weighted by molar-refractivity contribution is -0.190. The van der Waals surface area contributed by atoms with E-state index in [0.717, 1.165) is 0 Å². The molecule has 0 aromatic heterocycles. The predicted octanol–water partition coefficient (Wildman–Crippen LogP) is 2.20. The second kappa shape index (κ2) is 6.22. The molecule has 0 radical (unpaired) electrons. The van der Waals surface area contributed by atoms with Crippen molar-refractivity contribution in [3.05, 3.63) is 0 Å². The summed E-state index contributed by atoms with van der Waals surface area (Å²) in [7, 11) is 1.29. The minimum atomic E-state index is -2.03. The van der Waals surface area contributed by atoms with E-state index >= 15 is 0 Å². The first-order chi connectivity index (χ1) is 5.06. The van der Waals surface area contributed by atoms with Crippen molar-refractivity contribution in [3.63, 3.8) is 0 Å². The zero-order valence-electron chi connectivity index (χ0n) is 5.47. The molecule has 0 aliphatic rings. The molecule has 11 heavy (non-hydrogen) atoms. The molecule has 3 atom stereocenters. The SMILES string of the molecule is COC(Cl)OC(Cl)OC(F)Cl. The van der Waals surface area contributed by atoms with E-state index in [2.05, 4.69) is 14.2 Å². The van der Waals surface area contributed by atoms with Crippen molar-refractivity contribution in [2.75, 3.05) is 7.11 Å². The van der Waals surface area contributed by atoms with Crippen molar-refractivity contribution >= 4 is 34.8 Å². The first kappa shape index (κ1) is 11.7. The second-order valence-electron chi connectivity index (χ2n) is 1.32. The van der Waals surface area contributed by atoms with Crippen LogP contribution in [0.4, 0.5) is 4.39 Å². The highest BCUT2D eigenvalue weighted by atomic mass is 35.5. The predicted molar refractivity (Wildman–Crippen MR) is 39.2 cm³/mol. The third-order valence-electron chi connectivity index (χ3n) is 0.609. The highest BCUT2D eigenvalue weighted by Crippen LogP contribution is 2.13. The van der Waals surface area contributed by atoms with E-state index < -0.39 is 17.3 Å². The molecule has 0 rings (SSSR count). The molecule has 0 saturated heterocycles. The molecule has 7 heteroatoms. The highest BCUT2D eigenvalue weighted by Gasteiger charge is 2.14. The number of methoxy groups -OCH3 is 1. The van der Waals surface area contributed by atoms with Crippen LogP contribution < -0.4 is 0 Å². The summed E-state index contributed by atoms with van der Waals surface area (Å²) in [5.41, 5.74) is 0. The Morgan fingerprint density at radius 2 is 1.64 bits per heavy atom. The van der Waals surface area contributed by atoms with Crippen LogP contribution in [-0.2, 0) is 14.2 Å². The molecule has 0 aliphatic heterocycles. The molecule has 0 aromatic carbocycles. The third kappa shape index (κ3) is 7.05. The first-order valence-electron chi connectivity index (χ1n) is 2.46. The van der Waals surface area contributed by atoms with Crippen LogP contribution in [0.25, 0.3) is 0 Å². The Kier molecular flexibility index (Phi) is 6.61. The number of rotatable bonds is 5. The zero-order valence-corrected chi connectivity index (χ0v) is 7.74. The standard InChI is InChI=1S/C4H6Cl3FO3/c1-9-3(6)11-4(7)10-2(5)8/h2-4H,1H3. The summed E-state index contributed by atoms with van der Waals surface area (Å²) >= 11 is 15.2. The van der Waals surface area contributed by atoms with Crippen molar-refractivity contribution in [2.45, 2.75) is 17.3 Å². The van der Waals surface area contributed by atoms with Gasteiger partial charge in [0.15, 0.2) is 0 Å². The molecule has 3 nitrogen and oxygen atoms in total. The van der Waals surface area contributed by atoms with Crippen LogP contribution in [0, 0.1) is 0 Å². The third-order valence-corrected chi connectivity index (χ3v) is 1.20. The van der Waals surface area contributed by atoms with E-state index in [9.17, 15) is 4.39 Å². The zero-order chi connectivity index (χ0) is 8.85. The molecule has 0 saturated carbocycles. The number of hydrogen-bond donors (Lipinski definition) is 0. The van der Waals surface area contributed by atoms with Gasteiger partial charge in [-0.05, 0) is 0 Å². The van der Waals surface area contributed by atoms with Crippen LogP contribution in [0.5, 0.6) is 0 Å². The van der Waals surface area contributed by atoms with Gasteiger partial charge in [0, 0.05) is 7.11 Å². The van der Waals surface area contributed by atoms with E-state index in [1.807, 2.05) is 0 Å². The van der Waals surface area contributed by atoms with E-state index in [0.29, 0.717) is 0 Å². The van der Waals surface area contributed by atoms with Crippen molar-refractivity contribution in [1.82, 2.24) is 0 Å².